The lowest BCUT2D eigenvalue weighted by Gasteiger charge is -2.33. The number of carboxylic acid groups (broad SMARTS) is 1. The first-order valence-electron chi connectivity index (χ1n) is 10.7. The number of rotatable bonds is 10. The molecule has 0 aliphatic heterocycles. The van der Waals surface area contributed by atoms with Crippen molar-refractivity contribution < 1.29 is 19.4 Å². The summed E-state index contributed by atoms with van der Waals surface area (Å²) >= 11 is 12.2. The minimum absolute atomic E-state index is 0.114. The zero-order valence-electron chi connectivity index (χ0n) is 17.8. The van der Waals surface area contributed by atoms with Gasteiger partial charge in [0.2, 0.25) is 0 Å². The summed E-state index contributed by atoms with van der Waals surface area (Å²) < 4.78 is 6.47. The monoisotopic (exact) mass is 483 g/mol. The van der Waals surface area contributed by atoms with E-state index < -0.39 is 18.0 Å². The summed E-state index contributed by atoms with van der Waals surface area (Å²) in [5, 5.41) is 25.7. The standard InChI is InChI=1S/C21H27Cl2N5O4/c1-2-32-19(31)12-28-21(25-26-27-28)20(13-6-4-3-5-7-13)24-17(11-18(29)30)14-8-9-15(22)16(23)10-14/h8-10,13,17,20,24H,2-7,11-12H2,1H3,(H,29,30). The Labute approximate surface area is 196 Å². The SMILES string of the molecule is CCOC(=O)Cn1nnnc1C(NC(CC(=O)O)c1ccc(Cl)c(Cl)c1)C1CCCCC1. The summed E-state index contributed by atoms with van der Waals surface area (Å²) in [5.74, 6) is -0.715. The maximum absolute atomic E-state index is 12.1. The molecule has 1 saturated carbocycles. The van der Waals surface area contributed by atoms with Gasteiger partial charge in [0, 0.05) is 6.04 Å². The zero-order chi connectivity index (χ0) is 23.1. The molecule has 1 fully saturated rings. The highest BCUT2D eigenvalue weighted by Gasteiger charge is 2.33. The number of hydrogen-bond donors (Lipinski definition) is 2. The molecule has 2 unspecified atom stereocenters. The molecule has 2 atom stereocenters. The van der Waals surface area contributed by atoms with Crippen LogP contribution < -0.4 is 5.32 Å². The lowest BCUT2D eigenvalue weighted by Crippen LogP contribution is -2.36. The molecule has 1 aliphatic rings. The molecule has 0 saturated heterocycles. The molecule has 11 heteroatoms. The van der Waals surface area contributed by atoms with Crippen molar-refractivity contribution in [1.82, 2.24) is 25.5 Å². The third-order valence-corrected chi connectivity index (χ3v) is 6.39. The Morgan fingerprint density at radius 1 is 1.25 bits per heavy atom. The first-order chi connectivity index (χ1) is 15.4. The van der Waals surface area contributed by atoms with E-state index in [0.29, 0.717) is 21.4 Å². The third kappa shape index (κ3) is 6.40. The van der Waals surface area contributed by atoms with Gasteiger partial charge < -0.3 is 9.84 Å². The third-order valence-electron chi connectivity index (χ3n) is 5.65. The first kappa shape index (κ1) is 24.4. The van der Waals surface area contributed by atoms with E-state index in [1.807, 2.05) is 0 Å². The highest BCUT2D eigenvalue weighted by atomic mass is 35.5. The van der Waals surface area contributed by atoms with Gasteiger partial charge in [-0.1, -0.05) is 48.5 Å². The van der Waals surface area contributed by atoms with E-state index in [1.165, 1.54) is 4.68 Å². The molecule has 1 aromatic carbocycles. The van der Waals surface area contributed by atoms with Crippen LogP contribution in [0.15, 0.2) is 18.2 Å². The predicted octanol–water partition coefficient (Wildman–Crippen LogP) is 3.97. The number of ether oxygens (including phenoxy) is 1. The van der Waals surface area contributed by atoms with Gasteiger partial charge in [-0.25, -0.2) is 4.68 Å². The van der Waals surface area contributed by atoms with E-state index in [9.17, 15) is 14.7 Å². The number of aliphatic carboxylic acids is 1. The molecule has 174 valence electrons. The van der Waals surface area contributed by atoms with Crippen molar-refractivity contribution in [2.75, 3.05) is 6.61 Å². The Hall–Kier alpha value is -2.23. The smallest absolute Gasteiger partial charge is 0.327 e. The number of nitrogens with one attached hydrogen (secondary N) is 1. The van der Waals surface area contributed by atoms with E-state index in [2.05, 4.69) is 20.8 Å². The van der Waals surface area contributed by atoms with Gasteiger partial charge in [0.15, 0.2) is 5.82 Å². The molecule has 0 amide bonds. The number of esters is 1. The molecule has 1 heterocycles. The van der Waals surface area contributed by atoms with Crippen LogP contribution in [0, 0.1) is 5.92 Å². The number of nitrogens with zero attached hydrogens (tertiary/aromatic N) is 4. The molecule has 9 nitrogen and oxygen atoms in total. The minimum atomic E-state index is -0.956. The molecule has 2 N–H and O–H groups in total. The van der Waals surface area contributed by atoms with Gasteiger partial charge in [0.1, 0.15) is 6.54 Å². The second-order valence-corrected chi connectivity index (χ2v) is 8.68. The number of tetrazole rings is 1. The number of benzene rings is 1. The van der Waals surface area contributed by atoms with Gasteiger partial charge in [0.05, 0.1) is 29.1 Å². The van der Waals surface area contributed by atoms with E-state index in [1.54, 1.807) is 25.1 Å². The van der Waals surface area contributed by atoms with Crippen molar-refractivity contribution in [3.8, 4) is 0 Å². The maximum atomic E-state index is 12.1. The van der Waals surface area contributed by atoms with E-state index in [-0.39, 0.29) is 31.5 Å². The van der Waals surface area contributed by atoms with Crippen LogP contribution in [0.25, 0.3) is 0 Å². The van der Waals surface area contributed by atoms with E-state index in [4.69, 9.17) is 27.9 Å². The molecule has 0 spiro atoms. The second-order valence-electron chi connectivity index (χ2n) is 7.87. The highest BCUT2D eigenvalue weighted by Crippen LogP contribution is 2.36. The second kappa shape index (κ2) is 11.6. The Morgan fingerprint density at radius 2 is 2.00 bits per heavy atom. The molecule has 0 radical (unpaired) electrons. The molecular weight excluding hydrogens is 457 g/mol. The minimum Gasteiger partial charge on any atom is -0.481 e. The summed E-state index contributed by atoms with van der Waals surface area (Å²) in [6.45, 7) is 1.88. The molecule has 3 rings (SSSR count). The van der Waals surface area contributed by atoms with Crippen molar-refractivity contribution in [2.24, 2.45) is 5.92 Å². The Bertz CT molecular complexity index is 933. The van der Waals surface area contributed by atoms with Gasteiger partial charge in [-0.2, -0.15) is 0 Å². The summed E-state index contributed by atoms with van der Waals surface area (Å²) in [5.41, 5.74) is 0.701. The summed E-state index contributed by atoms with van der Waals surface area (Å²) in [6.07, 6.45) is 5.02. The summed E-state index contributed by atoms with van der Waals surface area (Å²) in [7, 11) is 0. The lowest BCUT2D eigenvalue weighted by atomic mass is 9.82. The number of hydrogen-bond acceptors (Lipinski definition) is 7. The molecule has 2 aromatic rings. The Kier molecular flexibility index (Phi) is 8.84. The van der Waals surface area contributed by atoms with Gasteiger partial charge in [-0.05, 0) is 53.8 Å². The lowest BCUT2D eigenvalue weighted by molar-refractivity contribution is -0.144. The van der Waals surface area contributed by atoms with Crippen LogP contribution in [0.4, 0.5) is 0 Å². The van der Waals surface area contributed by atoms with Crippen molar-refractivity contribution in [2.45, 2.75) is 64.1 Å². The fraction of sp³-hybridized carbons (Fsp3) is 0.571. The highest BCUT2D eigenvalue weighted by molar-refractivity contribution is 6.42. The van der Waals surface area contributed by atoms with E-state index in [0.717, 1.165) is 32.1 Å². The van der Waals surface area contributed by atoms with Gasteiger partial charge in [0.25, 0.3) is 0 Å². The van der Waals surface area contributed by atoms with Crippen molar-refractivity contribution in [3.63, 3.8) is 0 Å². The summed E-state index contributed by atoms with van der Waals surface area (Å²) in [6, 6.07) is 4.18. The molecule has 0 bridgehead atoms. The van der Waals surface area contributed by atoms with Crippen LogP contribution in [0.2, 0.25) is 10.0 Å². The van der Waals surface area contributed by atoms with Crippen molar-refractivity contribution in [1.29, 1.82) is 0 Å². The van der Waals surface area contributed by atoms with Gasteiger partial charge in [-0.15, -0.1) is 5.10 Å². The number of aromatic nitrogens is 4. The maximum Gasteiger partial charge on any atom is 0.327 e. The van der Waals surface area contributed by atoms with Gasteiger partial charge in [-0.3, -0.25) is 14.9 Å². The largest absolute Gasteiger partial charge is 0.481 e. The number of carbonyl (C=O) groups is 2. The number of carbonyl (C=O) groups excluding carboxylic acids is 1. The molecular formula is C21H27Cl2N5O4. The molecule has 1 aromatic heterocycles. The van der Waals surface area contributed by atoms with Gasteiger partial charge >= 0.3 is 11.9 Å². The average Bonchev–Trinajstić information content (AvgIpc) is 3.21. The topological polar surface area (TPSA) is 119 Å². The first-order valence-corrected chi connectivity index (χ1v) is 11.5. The Balaban J connectivity index is 1.94. The average molecular weight is 484 g/mol. The predicted molar refractivity (Wildman–Crippen MR) is 118 cm³/mol. The van der Waals surface area contributed by atoms with Crippen molar-refractivity contribution in [3.05, 3.63) is 39.6 Å². The van der Waals surface area contributed by atoms with Crippen LogP contribution >= 0.6 is 23.2 Å². The van der Waals surface area contributed by atoms with Crippen LogP contribution in [0.1, 0.15) is 68.9 Å². The summed E-state index contributed by atoms with van der Waals surface area (Å²) in [4.78, 5) is 23.7. The fourth-order valence-corrected chi connectivity index (χ4v) is 4.46. The number of carboxylic acids is 1. The quantitative estimate of drug-likeness (QED) is 0.487. The molecule has 1 aliphatic carbocycles. The molecule has 32 heavy (non-hydrogen) atoms. The fourth-order valence-electron chi connectivity index (χ4n) is 4.16. The van der Waals surface area contributed by atoms with Crippen molar-refractivity contribution >= 4 is 35.1 Å². The van der Waals surface area contributed by atoms with Crippen LogP contribution in [-0.2, 0) is 20.9 Å². The van der Waals surface area contributed by atoms with E-state index >= 15 is 0 Å². The van der Waals surface area contributed by atoms with Crippen LogP contribution in [-0.4, -0.2) is 43.9 Å². The number of halogens is 2. The van der Waals surface area contributed by atoms with Crippen LogP contribution in [0.5, 0.6) is 0 Å². The zero-order valence-corrected chi connectivity index (χ0v) is 19.3. The Morgan fingerprint density at radius 3 is 2.66 bits per heavy atom. The normalized spacial score (nSPS) is 16.5. The van der Waals surface area contributed by atoms with Crippen LogP contribution in [0.3, 0.4) is 0 Å².